The molecule has 0 fully saturated rings. The SMILES string of the molecule is Nc1ccccc1-c1c2nc(c(-c3ccccc3N)c3ccc([nH]3)c(-c3ccccc3N)c3nc(c(-c4ccccc4)c4ccc1[nH]4)C=C3)C=C2. The van der Waals surface area contributed by atoms with Gasteiger partial charge < -0.3 is 27.2 Å². The van der Waals surface area contributed by atoms with E-state index in [1.54, 1.807) is 0 Å². The Hall–Kier alpha value is -7.12. The molecule has 2 aliphatic rings. The second-order valence-electron chi connectivity index (χ2n) is 12.6. The van der Waals surface area contributed by atoms with Crippen molar-refractivity contribution in [3.05, 3.63) is 150 Å². The number of nitrogens with one attached hydrogen (secondary N) is 2. The zero-order valence-corrected chi connectivity index (χ0v) is 27.6. The summed E-state index contributed by atoms with van der Waals surface area (Å²) in [7, 11) is 0. The van der Waals surface area contributed by atoms with E-state index in [9.17, 15) is 0 Å². The Morgan fingerprint density at radius 2 is 0.647 bits per heavy atom. The predicted molar refractivity (Wildman–Crippen MR) is 214 cm³/mol. The lowest BCUT2D eigenvalue weighted by molar-refractivity contribution is 1.31. The Bertz CT molecular complexity index is 2690. The molecule has 2 aliphatic heterocycles. The lowest BCUT2D eigenvalue weighted by Crippen LogP contribution is -1.94. The van der Waals surface area contributed by atoms with Gasteiger partial charge in [-0.1, -0.05) is 84.9 Å². The Balaban J connectivity index is 1.51. The average Bonchev–Trinajstić information content (AvgIpc) is 3.99. The van der Waals surface area contributed by atoms with Crippen molar-refractivity contribution >= 4 is 63.4 Å². The average molecular weight is 660 g/mol. The number of aromatic amines is 2. The van der Waals surface area contributed by atoms with Crippen LogP contribution in [0.15, 0.2) is 127 Å². The quantitative estimate of drug-likeness (QED) is 0.120. The Kier molecular flexibility index (Phi) is 7.10. The molecule has 0 saturated heterocycles. The number of hydrogen-bond donors (Lipinski definition) is 5. The summed E-state index contributed by atoms with van der Waals surface area (Å²) in [6, 6.07) is 42.3. The molecule has 0 spiro atoms. The summed E-state index contributed by atoms with van der Waals surface area (Å²) >= 11 is 0. The summed E-state index contributed by atoms with van der Waals surface area (Å²) in [6.45, 7) is 0. The molecule has 7 aromatic rings. The minimum absolute atomic E-state index is 0.649. The molecule has 0 saturated carbocycles. The number of benzene rings is 4. The van der Waals surface area contributed by atoms with Gasteiger partial charge in [0.1, 0.15) is 0 Å². The van der Waals surface area contributed by atoms with Crippen molar-refractivity contribution in [3.63, 3.8) is 0 Å². The molecule has 8 bridgehead atoms. The third kappa shape index (κ3) is 5.16. The molecule has 8 N–H and O–H groups in total. The van der Waals surface area contributed by atoms with E-state index in [0.717, 1.165) is 89.4 Å². The zero-order valence-electron chi connectivity index (χ0n) is 27.6. The first-order chi connectivity index (χ1) is 25.0. The number of anilines is 3. The fourth-order valence-electron chi connectivity index (χ4n) is 7.14. The van der Waals surface area contributed by atoms with E-state index in [-0.39, 0.29) is 0 Å². The molecule has 0 amide bonds. The zero-order chi connectivity index (χ0) is 34.5. The van der Waals surface area contributed by atoms with Crippen molar-refractivity contribution in [2.45, 2.75) is 0 Å². The number of nitrogens with zero attached hydrogens (tertiary/aromatic N) is 2. The number of hydrogen-bond acceptors (Lipinski definition) is 5. The highest BCUT2D eigenvalue weighted by molar-refractivity contribution is 6.02. The van der Waals surface area contributed by atoms with Gasteiger partial charge >= 0.3 is 0 Å². The minimum atomic E-state index is 0.649. The fourth-order valence-corrected chi connectivity index (χ4v) is 7.14. The van der Waals surface area contributed by atoms with Crippen LogP contribution in [0, 0.1) is 0 Å². The van der Waals surface area contributed by atoms with E-state index in [0.29, 0.717) is 17.1 Å². The molecule has 9 rings (SSSR count). The molecule has 5 heterocycles. The highest BCUT2D eigenvalue weighted by atomic mass is 14.8. The second-order valence-corrected chi connectivity index (χ2v) is 12.6. The molecule has 0 atom stereocenters. The van der Waals surface area contributed by atoms with Crippen molar-refractivity contribution in [2.24, 2.45) is 0 Å². The number of aromatic nitrogens is 4. The van der Waals surface area contributed by atoms with Crippen molar-refractivity contribution in [2.75, 3.05) is 17.2 Å². The standard InChI is InChI=1S/C44H33N7/c45-30-15-7-4-12-27(30)42-35-20-18-33(48-35)41(26-10-2-1-3-11-26)34-19-21-36(49-34)43(28-13-5-8-16-31(28)46)38-23-25-40(51-38)44(39-24-22-37(42)50-39)29-14-6-9-17-32(29)47/h1-25,48,51H,45-47H2. The van der Waals surface area contributed by atoms with Crippen LogP contribution in [-0.2, 0) is 0 Å². The van der Waals surface area contributed by atoms with Crippen LogP contribution in [0.4, 0.5) is 17.1 Å². The van der Waals surface area contributed by atoms with Gasteiger partial charge in [-0.15, -0.1) is 0 Å². The van der Waals surface area contributed by atoms with Crippen LogP contribution in [0.2, 0.25) is 0 Å². The summed E-state index contributed by atoms with van der Waals surface area (Å²) in [5, 5.41) is 0. The highest BCUT2D eigenvalue weighted by Crippen LogP contribution is 2.40. The maximum Gasteiger partial charge on any atom is 0.0738 e. The maximum absolute atomic E-state index is 6.67. The van der Waals surface area contributed by atoms with Gasteiger partial charge in [-0.3, -0.25) is 0 Å². The molecule has 244 valence electrons. The summed E-state index contributed by atoms with van der Waals surface area (Å²) in [6.07, 6.45) is 8.24. The van der Waals surface area contributed by atoms with Gasteiger partial charge in [0.2, 0.25) is 0 Å². The molecular weight excluding hydrogens is 627 g/mol. The monoisotopic (exact) mass is 659 g/mol. The van der Waals surface area contributed by atoms with E-state index < -0.39 is 0 Å². The summed E-state index contributed by atoms with van der Waals surface area (Å²) in [4.78, 5) is 18.1. The van der Waals surface area contributed by atoms with E-state index in [1.165, 1.54) is 0 Å². The van der Waals surface area contributed by atoms with Gasteiger partial charge in [-0.05, 0) is 72.3 Å². The maximum atomic E-state index is 6.67. The first-order valence-electron chi connectivity index (χ1n) is 16.8. The number of nitrogen functional groups attached to an aromatic ring is 3. The van der Waals surface area contributed by atoms with Crippen molar-refractivity contribution in [1.82, 2.24) is 19.9 Å². The third-order valence-electron chi connectivity index (χ3n) is 9.51. The van der Waals surface area contributed by atoms with Crippen LogP contribution in [0.5, 0.6) is 0 Å². The predicted octanol–water partition coefficient (Wildman–Crippen LogP) is 10.1. The smallest absolute Gasteiger partial charge is 0.0738 e. The molecule has 0 aliphatic carbocycles. The third-order valence-corrected chi connectivity index (χ3v) is 9.51. The second kappa shape index (κ2) is 12.1. The minimum Gasteiger partial charge on any atom is -0.398 e. The highest BCUT2D eigenvalue weighted by Gasteiger charge is 2.20. The summed E-state index contributed by atoms with van der Waals surface area (Å²) in [5.74, 6) is 0. The molecule has 0 radical (unpaired) electrons. The Labute approximate surface area is 294 Å². The van der Waals surface area contributed by atoms with Gasteiger partial charge in [0.15, 0.2) is 0 Å². The first-order valence-corrected chi connectivity index (χ1v) is 16.8. The van der Waals surface area contributed by atoms with Gasteiger partial charge in [0, 0.05) is 78.1 Å². The molecule has 7 nitrogen and oxygen atoms in total. The van der Waals surface area contributed by atoms with E-state index in [2.05, 4.69) is 58.5 Å². The number of H-pyrrole nitrogens is 2. The van der Waals surface area contributed by atoms with Crippen molar-refractivity contribution < 1.29 is 0 Å². The number of rotatable bonds is 4. The molecule has 4 aromatic carbocycles. The lowest BCUT2D eigenvalue weighted by atomic mass is 10.0. The lowest BCUT2D eigenvalue weighted by Gasteiger charge is -2.09. The van der Waals surface area contributed by atoms with Gasteiger partial charge in [-0.2, -0.15) is 0 Å². The van der Waals surface area contributed by atoms with E-state index >= 15 is 0 Å². The number of nitrogens with two attached hydrogens (primary N) is 3. The van der Waals surface area contributed by atoms with Crippen molar-refractivity contribution in [3.8, 4) is 44.5 Å². The van der Waals surface area contributed by atoms with Crippen LogP contribution in [0.25, 0.3) is 90.9 Å². The Morgan fingerprint density at radius 1 is 0.333 bits per heavy atom. The number of para-hydroxylation sites is 3. The number of fused-ring (bicyclic) bond motifs is 8. The fraction of sp³-hybridized carbons (Fsp3) is 0. The van der Waals surface area contributed by atoms with Crippen LogP contribution in [0.1, 0.15) is 22.8 Å². The molecule has 0 unspecified atom stereocenters. The normalized spacial score (nSPS) is 12.0. The van der Waals surface area contributed by atoms with E-state index in [1.807, 2.05) is 103 Å². The summed E-state index contributed by atoms with van der Waals surface area (Å²) in [5.41, 5.74) is 36.0. The molecule has 51 heavy (non-hydrogen) atoms. The van der Waals surface area contributed by atoms with Gasteiger partial charge in [-0.25, -0.2) is 9.97 Å². The molecular formula is C44H33N7. The van der Waals surface area contributed by atoms with E-state index in [4.69, 9.17) is 27.2 Å². The first kappa shape index (κ1) is 30.0. The largest absolute Gasteiger partial charge is 0.398 e. The molecule has 7 heteroatoms. The van der Waals surface area contributed by atoms with Gasteiger partial charge in [0.25, 0.3) is 0 Å². The summed E-state index contributed by atoms with van der Waals surface area (Å²) < 4.78 is 0. The van der Waals surface area contributed by atoms with Crippen LogP contribution in [-0.4, -0.2) is 19.9 Å². The van der Waals surface area contributed by atoms with Gasteiger partial charge in [0.05, 0.1) is 22.8 Å². The van der Waals surface area contributed by atoms with Crippen molar-refractivity contribution in [1.29, 1.82) is 0 Å². The Morgan fingerprint density at radius 3 is 1.02 bits per heavy atom. The topological polar surface area (TPSA) is 135 Å². The van der Waals surface area contributed by atoms with Crippen LogP contribution < -0.4 is 17.2 Å². The van der Waals surface area contributed by atoms with Crippen LogP contribution in [0.3, 0.4) is 0 Å². The molecule has 3 aromatic heterocycles. The van der Waals surface area contributed by atoms with Crippen LogP contribution >= 0.6 is 0 Å².